The number of ether oxygens (including phenoxy) is 6. The van der Waals surface area contributed by atoms with Crippen molar-refractivity contribution in [3.8, 4) is 28.7 Å². The maximum Gasteiger partial charge on any atom is 0.330 e. The summed E-state index contributed by atoms with van der Waals surface area (Å²) in [5.74, 6) is -5.10. The first kappa shape index (κ1) is 69.7. The molecule has 490 valence electrons. The molecule has 0 unspecified atom stereocenters. The van der Waals surface area contributed by atoms with Gasteiger partial charge in [-0.25, -0.2) is 9.59 Å². The molecule has 5 atom stereocenters. The van der Waals surface area contributed by atoms with Crippen molar-refractivity contribution < 1.29 is 76.7 Å². The molecule has 1 saturated heterocycles. The SMILES string of the molecule is COc1ccc(CC[C@H]2OC(=O)[C@@H]3CCCCN3C(=O)C(=O)C(C)(C)COC(=O)C=CCCCN(C)C(=O)[C@@H](Cc3ccccc3)NC(=O)CN(C)C(=O)[C@@H](Cc3ccccc3)NC(=O)[C@H](Cc3ccc(O)cc3)N(C)C(=O)COc3cccc2c3)c(OC)c1OC. The quantitative estimate of drug-likeness (QED) is 0.0911. The number of amides is 6. The largest absolute Gasteiger partial charge is 0.508 e. The second kappa shape index (κ2) is 33.4. The summed E-state index contributed by atoms with van der Waals surface area (Å²) in [6.07, 6.45) is 4.15. The molecule has 2 heterocycles. The third-order valence-corrected chi connectivity index (χ3v) is 16.3. The van der Waals surface area contributed by atoms with Crippen molar-refractivity contribution >= 4 is 53.2 Å². The van der Waals surface area contributed by atoms with E-state index in [2.05, 4.69) is 10.6 Å². The predicted molar refractivity (Wildman–Crippen MR) is 340 cm³/mol. The minimum atomic E-state index is -1.51. The summed E-state index contributed by atoms with van der Waals surface area (Å²) < 4.78 is 35.0. The van der Waals surface area contributed by atoms with Crippen molar-refractivity contribution in [2.45, 2.75) is 108 Å². The fourth-order valence-corrected chi connectivity index (χ4v) is 11.0. The number of carbonyl (C=O) groups excluding carboxylic acids is 9. The number of esters is 2. The third kappa shape index (κ3) is 19.2. The van der Waals surface area contributed by atoms with Gasteiger partial charge in [-0.3, -0.25) is 33.6 Å². The number of phenols is 1. The van der Waals surface area contributed by atoms with Crippen LogP contribution in [0.2, 0.25) is 0 Å². The Hall–Kier alpha value is -9.73. The van der Waals surface area contributed by atoms with Crippen LogP contribution in [-0.4, -0.2) is 177 Å². The van der Waals surface area contributed by atoms with Gasteiger partial charge in [0, 0.05) is 59.6 Å². The van der Waals surface area contributed by atoms with Gasteiger partial charge in [-0.2, -0.15) is 0 Å². The average Bonchev–Trinajstić information content (AvgIpc) is 1.18. The van der Waals surface area contributed by atoms with Gasteiger partial charge in [-0.1, -0.05) is 97.1 Å². The number of carbonyl (C=O) groups is 9. The summed E-state index contributed by atoms with van der Waals surface area (Å²) in [5.41, 5.74) is 1.62. The van der Waals surface area contributed by atoms with E-state index in [-0.39, 0.29) is 63.1 Å². The number of hydrogen-bond donors (Lipinski definition) is 3. The number of aryl methyl sites for hydroxylation is 1. The second-order valence-electron chi connectivity index (χ2n) is 23.6. The zero-order valence-electron chi connectivity index (χ0n) is 53.6. The van der Waals surface area contributed by atoms with Crippen LogP contribution < -0.4 is 29.6 Å². The number of hydrogen-bond acceptors (Lipinski definition) is 16. The highest BCUT2D eigenvalue weighted by Crippen LogP contribution is 2.41. The highest BCUT2D eigenvalue weighted by molar-refractivity contribution is 6.38. The van der Waals surface area contributed by atoms with E-state index in [1.165, 1.54) is 82.2 Å². The Morgan fingerprint density at radius 1 is 0.652 bits per heavy atom. The van der Waals surface area contributed by atoms with Crippen molar-refractivity contribution in [1.82, 2.24) is 30.2 Å². The van der Waals surface area contributed by atoms with Crippen LogP contribution in [0.4, 0.5) is 0 Å². The maximum absolute atomic E-state index is 14.9. The molecule has 2 bridgehead atoms. The normalized spacial score (nSPS) is 20.9. The Kier molecular flexibility index (Phi) is 25.3. The van der Waals surface area contributed by atoms with Crippen LogP contribution in [0, 0.1) is 5.41 Å². The van der Waals surface area contributed by atoms with Gasteiger partial charge in [0.2, 0.25) is 35.2 Å². The van der Waals surface area contributed by atoms with Crippen molar-refractivity contribution in [2.24, 2.45) is 5.41 Å². The monoisotopic (exact) mass is 1260 g/mol. The number of ketones is 1. The van der Waals surface area contributed by atoms with Gasteiger partial charge < -0.3 is 63.8 Å². The van der Waals surface area contributed by atoms with Crippen molar-refractivity contribution in [1.29, 1.82) is 0 Å². The Morgan fingerprint density at radius 2 is 1.29 bits per heavy atom. The Balaban J connectivity index is 1.22. The van der Waals surface area contributed by atoms with Gasteiger partial charge in [-0.05, 0) is 117 Å². The third-order valence-electron chi connectivity index (χ3n) is 16.3. The van der Waals surface area contributed by atoms with Crippen LogP contribution in [0.15, 0.2) is 133 Å². The summed E-state index contributed by atoms with van der Waals surface area (Å²) in [4.78, 5) is 133. The van der Waals surface area contributed by atoms with Crippen LogP contribution in [0.25, 0.3) is 0 Å². The van der Waals surface area contributed by atoms with Gasteiger partial charge in [-0.15, -0.1) is 0 Å². The van der Waals surface area contributed by atoms with E-state index in [4.69, 9.17) is 28.4 Å². The molecule has 2 aliphatic heterocycles. The molecule has 22 nitrogen and oxygen atoms in total. The van der Waals surface area contributed by atoms with E-state index in [0.29, 0.717) is 65.2 Å². The number of phenolic OH excluding ortho intramolecular Hbond substituents is 1. The van der Waals surface area contributed by atoms with Crippen molar-refractivity contribution in [3.63, 3.8) is 0 Å². The smallest absolute Gasteiger partial charge is 0.330 e. The Morgan fingerprint density at radius 3 is 1.95 bits per heavy atom. The summed E-state index contributed by atoms with van der Waals surface area (Å²) in [6.45, 7) is 1.69. The maximum atomic E-state index is 14.9. The molecule has 0 spiro atoms. The van der Waals surface area contributed by atoms with Gasteiger partial charge in [0.25, 0.3) is 11.8 Å². The number of allylic oxidation sites excluding steroid dienone is 1. The fraction of sp³-hybridized carbons (Fsp3) is 0.414. The van der Waals surface area contributed by atoms with Crippen LogP contribution >= 0.6 is 0 Å². The zero-order valence-corrected chi connectivity index (χ0v) is 53.6. The lowest BCUT2D eigenvalue weighted by molar-refractivity contribution is -0.165. The van der Waals surface area contributed by atoms with E-state index < -0.39 is 109 Å². The van der Waals surface area contributed by atoms with E-state index in [9.17, 15) is 48.3 Å². The number of rotatable bonds is 12. The van der Waals surface area contributed by atoms with Crippen LogP contribution in [0.3, 0.4) is 0 Å². The molecule has 7 rings (SSSR count). The topological polar surface area (TPSA) is 266 Å². The lowest BCUT2D eigenvalue weighted by Gasteiger charge is -2.36. The van der Waals surface area contributed by atoms with Gasteiger partial charge in [0.05, 0.1) is 33.3 Å². The standard InChI is InChI=1S/C70H84N6O16/c1-70(2)45-91-61(80)28-16-11-18-37-73(3)66(83)53(39-46-21-12-9-13-22-46)71-59(78)43-74(4)67(84)54(40-47-23-14-10-15-24-47)72-65(82)56(41-48-29-33-51(77)34-30-48)75(5)60(79)44-90-52-26-20-25-50(42-52)57(35-31-49-32-36-58(87-6)63(89-8)62(49)88-7)92-69(86)55-27-17-19-38-76(55)68(85)64(70)81/h9-10,12-16,20-26,28-30,32-34,36,42,53-57,77H,11,17-19,27,31,35,37-41,43-45H2,1-8H3,(H,71,78)(H,72,82)/t53-,54-,55+,56+,57-/m1/s1. The van der Waals surface area contributed by atoms with E-state index in [1.807, 2.05) is 30.3 Å². The lowest BCUT2D eigenvalue weighted by Crippen LogP contribution is -2.57. The van der Waals surface area contributed by atoms with E-state index >= 15 is 0 Å². The van der Waals surface area contributed by atoms with Crippen LogP contribution in [0.5, 0.6) is 28.7 Å². The lowest BCUT2D eigenvalue weighted by atomic mass is 9.87. The first-order chi connectivity index (χ1) is 44.1. The number of fused-ring (bicyclic) bond motifs is 3. The molecule has 6 amide bonds. The highest BCUT2D eigenvalue weighted by Gasteiger charge is 2.43. The Bertz CT molecular complexity index is 3410. The zero-order chi connectivity index (χ0) is 66.5. The predicted octanol–water partition coefficient (Wildman–Crippen LogP) is 6.33. The number of benzene rings is 5. The first-order valence-electron chi connectivity index (χ1n) is 30.7. The minimum Gasteiger partial charge on any atom is -0.508 e. The fourth-order valence-electron chi connectivity index (χ4n) is 11.0. The molecule has 0 aliphatic carbocycles. The summed E-state index contributed by atoms with van der Waals surface area (Å²) in [5, 5.41) is 15.9. The number of methoxy groups -OCH3 is 3. The number of nitrogens with zero attached hydrogens (tertiary/aromatic N) is 4. The van der Waals surface area contributed by atoms with E-state index in [0.717, 1.165) is 10.5 Å². The number of likely N-dealkylation sites (N-methyl/N-ethyl adjacent to an activating group) is 3. The highest BCUT2D eigenvalue weighted by atomic mass is 16.6. The molecule has 0 radical (unpaired) electrons. The molecule has 5 aromatic rings. The molecule has 92 heavy (non-hydrogen) atoms. The molecule has 3 N–H and O–H groups in total. The minimum absolute atomic E-state index is 0.0102. The molecule has 2 aliphatic rings. The Labute approximate surface area is 537 Å². The van der Waals surface area contributed by atoms with Crippen molar-refractivity contribution in [3.05, 3.63) is 161 Å². The molecule has 0 saturated carbocycles. The van der Waals surface area contributed by atoms with Crippen LogP contribution in [-0.2, 0) is 78.3 Å². The molecule has 0 aromatic heterocycles. The van der Waals surface area contributed by atoms with Crippen molar-refractivity contribution in [2.75, 3.05) is 75.3 Å². The molecular formula is C70H84N6O16. The van der Waals surface area contributed by atoms with E-state index in [1.54, 1.807) is 92.0 Å². The summed E-state index contributed by atoms with van der Waals surface area (Å²) in [7, 11) is 8.89. The number of aromatic hydroxyl groups is 1. The molecule has 22 heteroatoms. The number of Topliss-reactive ketones (excluding diaryl/α,β-unsaturated/α-hetero) is 1. The number of piperidine rings is 1. The first-order valence-corrected chi connectivity index (χ1v) is 30.7. The molecule has 5 aromatic carbocycles. The second-order valence-corrected chi connectivity index (χ2v) is 23.6. The van der Waals surface area contributed by atoms with Gasteiger partial charge >= 0.3 is 11.9 Å². The number of cyclic esters (lactones) is 2. The summed E-state index contributed by atoms with van der Waals surface area (Å²) >= 11 is 0. The van der Waals surface area contributed by atoms with Gasteiger partial charge in [0.1, 0.15) is 48.4 Å². The molecular weight excluding hydrogens is 1180 g/mol. The number of nitrogens with one attached hydrogen (secondary N) is 2. The molecule has 1 fully saturated rings. The van der Waals surface area contributed by atoms with Gasteiger partial charge in [0.15, 0.2) is 18.1 Å². The average molecular weight is 1270 g/mol. The summed E-state index contributed by atoms with van der Waals surface area (Å²) in [6, 6.07) is 29.5. The van der Waals surface area contributed by atoms with Crippen LogP contribution in [0.1, 0.15) is 86.3 Å².